The monoisotopic (exact) mass is 236 g/mol. The molecule has 0 saturated carbocycles. The second kappa shape index (κ2) is 4.53. The van der Waals surface area contributed by atoms with Gasteiger partial charge in [-0.05, 0) is 30.7 Å². The Morgan fingerprint density at radius 1 is 1.41 bits per heavy atom. The lowest BCUT2D eigenvalue weighted by Gasteiger charge is -2.10. The molecule has 2 rings (SSSR count). The summed E-state index contributed by atoms with van der Waals surface area (Å²) in [4.78, 5) is 24.9. The molecular weight excluding hydrogens is 223 g/mol. The van der Waals surface area contributed by atoms with E-state index < -0.39 is 5.92 Å². The molecule has 5 heteroatoms. The van der Waals surface area contributed by atoms with Crippen LogP contribution in [0, 0.1) is 11.7 Å². The summed E-state index contributed by atoms with van der Waals surface area (Å²) in [5.41, 5.74) is 0.499. The van der Waals surface area contributed by atoms with Gasteiger partial charge in [-0.3, -0.25) is 9.59 Å². The molecule has 1 atom stereocenters. The number of benzene rings is 1. The van der Waals surface area contributed by atoms with Gasteiger partial charge in [-0.1, -0.05) is 0 Å². The maximum Gasteiger partial charge on any atom is 0.237 e. The quantitative estimate of drug-likeness (QED) is 0.785. The summed E-state index contributed by atoms with van der Waals surface area (Å²) in [6, 6.07) is 5.46. The lowest BCUT2D eigenvalue weighted by atomic mass is 10.1. The molecule has 1 saturated heterocycles. The van der Waals surface area contributed by atoms with Gasteiger partial charge >= 0.3 is 0 Å². The van der Waals surface area contributed by atoms with Crippen LogP contribution in [-0.2, 0) is 9.59 Å². The Balaban J connectivity index is 2.02. The second-order valence-electron chi connectivity index (χ2n) is 4.10. The van der Waals surface area contributed by atoms with Crippen molar-refractivity contribution in [2.24, 2.45) is 5.92 Å². The molecule has 2 amide bonds. The molecule has 17 heavy (non-hydrogen) atoms. The topological polar surface area (TPSA) is 49.4 Å². The average molecular weight is 236 g/mol. The minimum atomic E-state index is -0.620. The number of hydrogen-bond acceptors (Lipinski definition) is 2. The van der Waals surface area contributed by atoms with Crippen LogP contribution < -0.4 is 5.32 Å². The lowest BCUT2D eigenvalue weighted by Crippen LogP contribution is -2.30. The molecule has 0 bridgehead atoms. The van der Waals surface area contributed by atoms with Crippen molar-refractivity contribution < 1.29 is 14.0 Å². The van der Waals surface area contributed by atoms with E-state index in [2.05, 4.69) is 5.32 Å². The van der Waals surface area contributed by atoms with Crippen molar-refractivity contribution in [2.45, 2.75) is 6.42 Å². The number of carbonyl (C=O) groups excluding carboxylic acids is 2. The van der Waals surface area contributed by atoms with Crippen molar-refractivity contribution in [3.05, 3.63) is 30.1 Å². The Hall–Kier alpha value is -1.91. The van der Waals surface area contributed by atoms with Crippen LogP contribution in [0.2, 0.25) is 0 Å². The Morgan fingerprint density at radius 3 is 2.59 bits per heavy atom. The van der Waals surface area contributed by atoms with Gasteiger partial charge in [0.15, 0.2) is 0 Å². The molecule has 1 aliphatic heterocycles. The lowest BCUT2D eigenvalue weighted by molar-refractivity contribution is -0.134. The zero-order valence-electron chi connectivity index (χ0n) is 9.44. The molecule has 1 aromatic rings. The number of amides is 2. The SMILES string of the molecule is CN1CCC(C(=O)Nc2ccc(F)cc2)C1=O. The van der Waals surface area contributed by atoms with Crippen molar-refractivity contribution in [1.29, 1.82) is 0 Å². The molecule has 0 aromatic heterocycles. The van der Waals surface area contributed by atoms with Crippen molar-refractivity contribution >= 4 is 17.5 Å². The van der Waals surface area contributed by atoms with Gasteiger partial charge in [-0.25, -0.2) is 4.39 Å². The second-order valence-corrected chi connectivity index (χ2v) is 4.10. The van der Waals surface area contributed by atoms with E-state index in [1.807, 2.05) is 0 Å². The van der Waals surface area contributed by atoms with Gasteiger partial charge < -0.3 is 10.2 Å². The van der Waals surface area contributed by atoms with Gasteiger partial charge in [0.1, 0.15) is 11.7 Å². The van der Waals surface area contributed by atoms with Gasteiger partial charge in [0.25, 0.3) is 0 Å². The van der Waals surface area contributed by atoms with Crippen LogP contribution in [0.1, 0.15) is 6.42 Å². The maximum atomic E-state index is 12.7. The highest BCUT2D eigenvalue weighted by molar-refractivity contribution is 6.07. The number of halogens is 1. The fraction of sp³-hybridized carbons (Fsp3) is 0.333. The molecule has 0 aliphatic carbocycles. The molecular formula is C12H13FN2O2. The molecule has 1 unspecified atom stereocenters. The number of rotatable bonds is 2. The molecule has 1 N–H and O–H groups in total. The summed E-state index contributed by atoms with van der Waals surface area (Å²) in [7, 11) is 1.67. The highest BCUT2D eigenvalue weighted by atomic mass is 19.1. The van der Waals surface area contributed by atoms with E-state index in [4.69, 9.17) is 0 Å². The number of hydrogen-bond donors (Lipinski definition) is 1. The zero-order chi connectivity index (χ0) is 12.4. The number of nitrogens with one attached hydrogen (secondary N) is 1. The third kappa shape index (κ3) is 2.43. The Bertz CT molecular complexity index is 444. The summed E-state index contributed by atoms with van der Waals surface area (Å²) in [6.45, 7) is 0.598. The number of carbonyl (C=O) groups is 2. The smallest absolute Gasteiger partial charge is 0.237 e. The van der Waals surface area contributed by atoms with Crippen LogP contribution >= 0.6 is 0 Å². The van der Waals surface area contributed by atoms with Gasteiger partial charge in [0.05, 0.1) is 0 Å². The van der Waals surface area contributed by atoms with Gasteiger partial charge in [-0.15, -0.1) is 0 Å². The molecule has 1 fully saturated rings. The summed E-state index contributed by atoms with van der Waals surface area (Å²) in [6.07, 6.45) is 0.530. The number of nitrogens with zero attached hydrogens (tertiary/aromatic N) is 1. The minimum absolute atomic E-state index is 0.162. The van der Waals surface area contributed by atoms with E-state index in [0.717, 1.165) is 0 Å². The van der Waals surface area contributed by atoms with Crippen molar-refractivity contribution in [3.63, 3.8) is 0 Å². The van der Waals surface area contributed by atoms with E-state index in [1.54, 1.807) is 7.05 Å². The van der Waals surface area contributed by atoms with Gasteiger partial charge in [0.2, 0.25) is 11.8 Å². The van der Waals surface area contributed by atoms with Crippen LogP contribution in [0.4, 0.5) is 10.1 Å². The number of likely N-dealkylation sites (tertiary alicyclic amines) is 1. The van der Waals surface area contributed by atoms with Crippen LogP contribution in [0.5, 0.6) is 0 Å². The highest BCUT2D eigenvalue weighted by Gasteiger charge is 2.34. The first kappa shape index (κ1) is 11.6. The van der Waals surface area contributed by atoms with E-state index in [1.165, 1.54) is 29.2 Å². The first-order chi connectivity index (χ1) is 8.08. The van der Waals surface area contributed by atoms with Crippen LogP contribution in [0.15, 0.2) is 24.3 Å². The maximum absolute atomic E-state index is 12.7. The molecule has 0 spiro atoms. The fourth-order valence-corrected chi connectivity index (χ4v) is 1.83. The van der Waals surface area contributed by atoms with E-state index in [0.29, 0.717) is 18.7 Å². The number of anilines is 1. The molecule has 1 aromatic carbocycles. The fourth-order valence-electron chi connectivity index (χ4n) is 1.83. The summed E-state index contributed by atoms with van der Waals surface area (Å²) in [5, 5.41) is 2.61. The minimum Gasteiger partial charge on any atom is -0.345 e. The molecule has 1 heterocycles. The average Bonchev–Trinajstić information content (AvgIpc) is 2.63. The Kier molecular flexibility index (Phi) is 3.08. The zero-order valence-corrected chi connectivity index (χ0v) is 9.44. The molecule has 0 radical (unpaired) electrons. The van der Waals surface area contributed by atoms with Crippen molar-refractivity contribution in [2.75, 3.05) is 18.9 Å². The van der Waals surface area contributed by atoms with Crippen LogP contribution in [-0.4, -0.2) is 30.3 Å². The van der Waals surface area contributed by atoms with Crippen LogP contribution in [0.3, 0.4) is 0 Å². The standard InChI is InChI=1S/C12H13FN2O2/c1-15-7-6-10(12(15)17)11(16)14-9-4-2-8(13)3-5-9/h2-5,10H,6-7H2,1H3,(H,14,16). The van der Waals surface area contributed by atoms with E-state index in [9.17, 15) is 14.0 Å². The first-order valence-corrected chi connectivity index (χ1v) is 5.39. The molecule has 90 valence electrons. The van der Waals surface area contributed by atoms with Crippen molar-refractivity contribution in [3.8, 4) is 0 Å². The van der Waals surface area contributed by atoms with Crippen molar-refractivity contribution in [1.82, 2.24) is 4.90 Å². The van der Waals surface area contributed by atoms with Gasteiger partial charge in [-0.2, -0.15) is 0 Å². The normalized spacial score (nSPS) is 19.5. The predicted octanol–water partition coefficient (Wildman–Crippen LogP) is 1.24. The summed E-state index contributed by atoms with van der Waals surface area (Å²) < 4.78 is 12.7. The highest BCUT2D eigenvalue weighted by Crippen LogP contribution is 2.18. The summed E-state index contributed by atoms with van der Waals surface area (Å²) in [5.74, 6) is -1.47. The molecule has 4 nitrogen and oxygen atoms in total. The Labute approximate surface area is 98.4 Å². The predicted molar refractivity (Wildman–Crippen MR) is 60.8 cm³/mol. The summed E-state index contributed by atoms with van der Waals surface area (Å²) >= 11 is 0. The largest absolute Gasteiger partial charge is 0.345 e. The van der Waals surface area contributed by atoms with Crippen LogP contribution in [0.25, 0.3) is 0 Å². The van der Waals surface area contributed by atoms with Gasteiger partial charge in [0, 0.05) is 19.3 Å². The molecule has 1 aliphatic rings. The first-order valence-electron chi connectivity index (χ1n) is 5.39. The van der Waals surface area contributed by atoms with E-state index >= 15 is 0 Å². The third-order valence-electron chi connectivity index (χ3n) is 2.86. The third-order valence-corrected chi connectivity index (χ3v) is 2.86. The Morgan fingerprint density at radius 2 is 2.06 bits per heavy atom. The van der Waals surface area contributed by atoms with E-state index in [-0.39, 0.29) is 17.6 Å².